The summed E-state index contributed by atoms with van der Waals surface area (Å²) in [4.78, 5) is 44.5. The van der Waals surface area contributed by atoms with Gasteiger partial charge in [-0.25, -0.2) is 18.9 Å². The Labute approximate surface area is 197 Å². The van der Waals surface area contributed by atoms with Crippen LogP contribution in [0.1, 0.15) is 0 Å². The SMILES string of the molecule is Cn1c(=O)cc(Nc2ccc(Cl)nc2)c2c(=O)n(-c3ccccc3)c(=O)n(-c3ccccc3)c21. The lowest BCUT2D eigenvalue weighted by molar-refractivity contribution is 0.784. The Morgan fingerprint density at radius 2 is 1.44 bits per heavy atom. The van der Waals surface area contributed by atoms with Crippen molar-refractivity contribution in [2.75, 3.05) is 5.32 Å². The fraction of sp³-hybridized carbons (Fsp3) is 0.0400. The molecule has 0 aliphatic carbocycles. The number of pyridine rings is 2. The molecule has 5 rings (SSSR count). The number of para-hydroxylation sites is 2. The summed E-state index contributed by atoms with van der Waals surface area (Å²) in [7, 11) is 1.53. The van der Waals surface area contributed by atoms with Crippen LogP contribution in [0.3, 0.4) is 0 Å². The lowest BCUT2D eigenvalue weighted by atomic mass is 10.2. The molecule has 0 saturated heterocycles. The summed E-state index contributed by atoms with van der Waals surface area (Å²) >= 11 is 5.89. The highest BCUT2D eigenvalue weighted by Gasteiger charge is 2.21. The van der Waals surface area contributed by atoms with Gasteiger partial charge < -0.3 is 5.32 Å². The highest BCUT2D eigenvalue weighted by molar-refractivity contribution is 6.29. The minimum Gasteiger partial charge on any atom is -0.353 e. The molecule has 3 aromatic heterocycles. The molecule has 8 nitrogen and oxygen atoms in total. The van der Waals surface area contributed by atoms with Crippen LogP contribution in [0.15, 0.2) is 99.4 Å². The highest BCUT2D eigenvalue weighted by Crippen LogP contribution is 2.24. The van der Waals surface area contributed by atoms with Gasteiger partial charge in [0.05, 0.1) is 28.9 Å². The topological polar surface area (TPSA) is 90.9 Å². The number of aromatic nitrogens is 4. The average Bonchev–Trinajstić information content (AvgIpc) is 2.85. The monoisotopic (exact) mass is 471 g/mol. The third-order valence-corrected chi connectivity index (χ3v) is 5.68. The van der Waals surface area contributed by atoms with Gasteiger partial charge >= 0.3 is 5.69 Å². The van der Waals surface area contributed by atoms with Crippen molar-refractivity contribution < 1.29 is 0 Å². The second-order valence-corrected chi connectivity index (χ2v) is 7.97. The molecule has 34 heavy (non-hydrogen) atoms. The molecule has 0 unspecified atom stereocenters. The number of hydrogen-bond donors (Lipinski definition) is 1. The Kier molecular flexibility index (Phi) is 5.35. The van der Waals surface area contributed by atoms with Gasteiger partial charge in [0.15, 0.2) is 0 Å². The van der Waals surface area contributed by atoms with Gasteiger partial charge in [0, 0.05) is 13.1 Å². The normalized spacial score (nSPS) is 11.0. The van der Waals surface area contributed by atoms with Crippen LogP contribution < -0.4 is 22.1 Å². The van der Waals surface area contributed by atoms with Crippen molar-refractivity contribution in [3.8, 4) is 11.4 Å². The second kappa shape index (κ2) is 8.49. The van der Waals surface area contributed by atoms with Crippen LogP contribution in [0.2, 0.25) is 5.15 Å². The summed E-state index contributed by atoms with van der Waals surface area (Å²) in [6.45, 7) is 0. The second-order valence-electron chi connectivity index (χ2n) is 7.58. The molecule has 1 N–H and O–H groups in total. The van der Waals surface area contributed by atoms with E-state index in [4.69, 9.17) is 11.6 Å². The van der Waals surface area contributed by atoms with Gasteiger partial charge in [-0.15, -0.1) is 0 Å². The average molecular weight is 472 g/mol. The van der Waals surface area contributed by atoms with Crippen molar-refractivity contribution in [2.24, 2.45) is 7.05 Å². The van der Waals surface area contributed by atoms with E-state index in [0.717, 1.165) is 4.57 Å². The molecular formula is C25H18ClN5O3. The van der Waals surface area contributed by atoms with Crippen LogP contribution in [0, 0.1) is 0 Å². The Morgan fingerprint density at radius 1 is 0.824 bits per heavy atom. The molecule has 0 aliphatic heterocycles. The third-order valence-electron chi connectivity index (χ3n) is 5.46. The molecule has 0 radical (unpaired) electrons. The molecule has 168 valence electrons. The van der Waals surface area contributed by atoms with Crippen LogP contribution in [0.25, 0.3) is 22.4 Å². The van der Waals surface area contributed by atoms with Crippen LogP contribution in [-0.4, -0.2) is 18.7 Å². The number of halogens is 1. The highest BCUT2D eigenvalue weighted by atomic mass is 35.5. The number of fused-ring (bicyclic) bond motifs is 1. The van der Waals surface area contributed by atoms with E-state index in [2.05, 4.69) is 10.3 Å². The van der Waals surface area contributed by atoms with Crippen molar-refractivity contribution in [3.63, 3.8) is 0 Å². The molecule has 0 atom stereocenters. The summed E-state index contributed by atoms with van der Waals surface area (Å²) in [5.74, 6) is 0. The van der Waals surface area contributed by atoms with E-state index in [1.807, 2.05) is 6.07 Å². The van der Waals surface area contributed by atoms with Crippen LogP contribution in [0.4, 0.5) is 11.4 Å². The van der Waals surface area contributed by atoms with Gasteiger partial charge in [0.25, 0.3) is 11.1 Å². The summed E-state index contributed by atoms with van der Waals surface area (Å²) in [6, 6.07) is 22.1. The molecule has 0 amide bonds. The predicted octanol–water partition coefficient (Wildman–Crippen LogP) is 3.63. The number of nitrogens with one attached hydrogen (secondary N) is 1. The number of benzene rings is 2. The van der Waals surface area contributed by atoms with E-state index in [9.17, 15) is 14.4 Å². The molecule has 5 aromatic rings. The van der Waals surface area contributed by atoms with Gasteiger partial charge in [0.2, 0.25) is 0 Å². The van der Waals surface area contributed by atoms with E-state index < -0.39 is 16.8 Å². The molecule has 3 heterocycles. The quantitative estimate of drug-likeness (QED) is 0.404. The Balaban J connectivity index is 1.95. The van der Waals surface area contributed by atoms with Gasteiger partial charge in [-0.05, 0) is 36.4 Å². The van der Waals surface area contributed by atoms with Crippen LogP contribution >= 0.6 is 11.6 Å². The standard InChI is InChI=1S/C25H18ClN5O3/c1-29-21(32)14-19(28-16-12-13-20(26)27-15-16)22-23(29)30(17-8-4-2-5-9-17)25(34)31(24(22)33)18-10-6-3-7-11-18/h2-15,28H,1H3. The Hall–Kier alpha value is -4.43. The number of nitrogens with zero attached hydrogens (tertiary/aromatic N) is 4. The molecule has 9 heteroatoms. The van der Waals surface area contributed by atoms with E-state index in [0.29, 0.717) is 22.2 Å². The number of rotatable bonds is 4. The molecule has 0 fully saturated rings. The van der Waals surface area contributed by atoms with Crippen molar-refractivity contribution in [2.45, 2.75) is 0 Å². The van der Waals surface area contributed by atoms with Crippen molar-refractivity contribution in [1.82, 2.24) is 18.7 Å². The zero-order valence-corrected chi connectivity index (χ0v) is 18.7. The van der Waals surface area contributed by atoms with E-state index in [-0.39, 0.29) is 16.7 Å². The first-order valence-electron chi connectivity index (χ1n) is 10.4. The minimum absolute atomic E-state index is 0.171. The van der Waals surface area contributed by atoms with Gasteiger partial charge in [-0.1, -0.05) is 48.0 Å². The fourth-order valence-corrected chi connectivity index (χ4v) is 3.98. The first-order valence-corrected chi connectivity index (χ1v) is 10.7. The Morgan fingerprint density at radius 3 is 2.03 bits per heavy atom. The first kappa shape index (κ1) is 21.4. The molecule has 0 bridgehead atoms. The number of aryl methyl sites for hydroxylation is 1. The van der Waals surface area contributed by atoms with Crippen molar-refractivity contribution in [1.29, 1.82) is 0 Å². The number of anilines is 2. The lowest BCUT2D eigenvalue weighted by Gasteiger charge is -2.18. The van der Waals surface area contributed by atoms with Crippen LogP contribution in [0.5, 0.6) is 0 Å². The molecule has 0 aliphatic rings. The first-order chi connectivity index (χ1) is 16.5. The maximum atomic E-state index is 13.8. The van der Waals surface area contributed by atoms with Crippen LogP contribution in [-0.2, 0) is 7.05 Å². The predicted molar refractivity (Wildman–Crippen MR) is 133 cm³/mol. The Bertz CT molecular complexity index is 1690. The smallest absolute Gasteiger partial charge is 0.341 e. The van der Waals surface area contributed by atoms with Gasteiger partial charge in [0.1, 0.15) is 16.2 Å². The molecule has 2 aromatic carbocycles. The third kappa shape index (κ3) is 3.60. The summed E-state index contributed by atoms with van der Waals surface area (Å²) in [5, 5.41) is 3.58. The lowest BCUT2D eigenvalue weighted by Crippen LogP contribution is -2.40. The van der Waals surface area contributed by atoms with Gasteiger partial charge in [-0.3, -0.25) is 14.2 Å². The largest absolute Gasteiger partial charge is 0.353 e. The summed E-state index contributed by atoms with van der Waals surface area (Å²) in [5.41, 5.74) is 0.347. The molecule has 0 saturated carbocycles. The van der Waals surface area contributed by atoms with Gasteiger partial charge in [-0.2, -0.15) is 0 Å². The minimum atomic E-state index is -0.588. The maximum absolute atomic E-state index is 13.8. The van der Waals surface area contributed by atoms with E-state index >= 15 is 0 Å². The van der Waals surface area contributed by atoms with E-state index in [1.165, 1.54) is 28.4 Å². The van der Waals surface area contributed by atoms with E-state index in [1.54, 1.807) is 66.7 Å². The zero-order chi connectivity index (χ0) is 23.8. The number of hydrogen-bond acceptors (Lipinski definition) is 5. The maximum Gasteiger partial charge on any atom is 0.341 e. The van der Waals surface area contributed by atoms with Crippen molar-refractivity contribution >= 4 is 34.0 Å². The fourth-order valence-electron chi connectivity index (χ4n) is 3.87. The zero-order valence-electron chi connectivity index (χ0n) is 18.0. The summed E-state index contributed by atoms with van der Waals surface area (Å²) in [6.07, 6.45) is 1.49. The molecular weight excluding hydrogens is 454 g/mol. The molecule has 0 spiro atoms. The summed E-state index contributed by atoms with van der Waals surface area (Å²) < 4.78 is 3.77. The van der Waals surface area contributed by atoms with Crippen molar-refractivity contribution in [3.05, 3.63) is 121 Å².